The van der Waals surface area contributed by atoms with Crippen molar-refractivity contribution in [1.29, 1.82) is 0 Å². The Morgan fingerprint density at radius 2 is 1.65 bits per heavy atom. The molecule has 0 radical (unpaired) electrons. The minimum atomic E-state index is -0.414. The molecule has 5 aliphatic rings. The molecular formula is C26H22Cl2N2O4. The molecule has 0 unspecified atom stereocenters. The first kappa shape index (κ1) is 21.7. The maximum absolute atomic E-state index is 13.7. The number of amides is 3. The third-order valence-corrected chi connectivity index (χ3v) is 8.56. The van der Waals surface area contributed by atoms with Gasteiger partial charge in [-0.2, -0.15) is 0 Å². The maximum Gasteiger partial charge on any atom is 0.259 e. The fourth-order valence-electron chi connectivity index (χ4n) is 6.19. The number of anilines is 1. The number of hydrogen-bond acceptors (Lipinski definition) is 4. The Hall–Kier alpha value is -2.83. The lowest BCUT2D eigenvalue weighted by atomic mass is 9.63. The Kier molecular flexibility index (Phi) is 5.01. The van der Waals surface area contributed by atoms with E-state index in [0.717, 1.165) is 6.42 Å². The van der Waals surface area contributed by atoms with Crippen LogP contribution in [0.1, 0.15) is 16.8 Å². The third-order valence-electron chi connectivity index (χ3n) is 7.82. The molecular weight excluding hydrogens is 475 g/mol. The largest absolute Gasteiger partial charge is 0.495 e. The van der Waals surface area contributed by atoms with E-state index < -0.39 is 5.91 Å². The van der Waals surface area contributed by atoms with Crippen molar-refractivity contribution in [3.8, 4) is 5.75 Å². The van der Waals surface area contributed by atoms with Gasteiger partial charge in [-0.3, -0.25) is 24.2 Å². The van der Waals surface area contributed by atoms with Crippen LogP contribution in [0.3, 0.4) is 0 Å². The van der Waals surface area contributed by atoms with Crippen molar-refractivity contribution >= 4 is 46.6 Å². The van der Waals surface area contributed by atoms with Gasteiger partial charge in [-0.1, -0.05) is 47.5 Å². The lowest BCUT2D eigenvalue weighted by Crippen LogP contribution is -2.45. The number of likely N-dealkylation sites (tertiary alicyclic amines) is 1. The van der Waals surface area contributed by atoms with Gasteiger partial charge in [0.25, 0.3) is 5.91 Å². The SMILES string of the molecule is COc1ccccc1N(CN1C(=O)[C@@H]2[C@H]3C=C[C@@H]([C@@H]4C[C@H]34)[C@@H]2C1=O)C(=O)c1ccc(Cl)c(Cl)c1. The number of ether oxygens (including phenoxy) is 1. The average molecular weight is 497 g/mol. The van der Waals surface area contributed by atoms with Gasteiger partial charge in [0.15, 0.2) is 0 Å². The summed E-state index contributed by atoms with van der Waals surface area (Å²) >= 11 is 12.2. The molecule has 34 heavy (non-hydrogen) atoms. The molecule has 0 N–H and O–H groups in total. The summed E-state index contributed by atoms with van der Waals surface area (Å²) in [6, 6.07) is 11.6. The number of benzene rings is 2. The van der Waals surface area contributed by atoms with Crippen LogP contribution in [0.2, 0.25) is 10.0 Å². The summed E-state index contributed by atoms with van der Waals surface area (Å²) in [6.45, 7) is -0.196. The van der Waals surface area contributed by atoms with Crippen molar-refractivity contribution in [1.82, 2.24) is 4.90 Å². The zero-order valence-electron chi connectivity index (χ0n) is 18.4. The van der Waals surface area contributed by atoms with Gasteiger partial charge in [-0.05, 0) is 60.4 Å². The number of methoxy groups -OCH3 is 1. The van der Waals surface area contributed by atoms with Gasteiger partial charge in [0, 0.05) is 5.56 Å². The Labute approximate surface area is 207 Å². The van der Waals surface area contributed by atoms with Gasteiger partial charge in [0.1, 0.15) is 12.4 Å². The van der Waals surface area contributed by atoms with E-state index in [4.69, 9.17) is 27.9 Å². The second-order valence-electron chi connectivity index (χ2n) is 9.43. The topological polar surface area (TPSA) is 66.9 Å². The summed E-state index contributed by atoms with van der Waals surface area (Å²) in [6.07, 6.45) is 5.36. The van der Waals surface area contributed by atoms with Crippen LogP contribution < -0.4 is 9.64 Å². The second-order valence-corrected chi connectivity index (χ2v) is 10.2. The number of carbonyl (C=O) groups is 3. The molecule has 6 nitrogen and oxygen atoms in total. The second kappa shape index (κ2) is 7.85. The van der Waals surface area contributed by atoms with Crippen LogP contribution in [-0.4, -0.2) is 36.4 Å². The fourth-order valence-corrected chi connectivity index (χ4v) is 6.49. The fraction of sp³-hybridized carbons (Fsp3) is 0.346. The molecule has 2 saturated carbocycles. The van der Waals surface area contributed by atoms with Gasteiger partial charge >= 0.3 is 0 Å². The van der Waals surface area contributed by atoms with E-state index in [1.54, 1.807) is 36.4 Å². The van der Waals surface area contributed by atoms with E-state index in [-0.39, 0.29) is 47.2 Å². The number of hydrogen-bond donors (Lipinski definition) is 0. The molecule has 174 valence electrons. The summed E-state index contributed by atoms with van der Waals surface area (Å²) in [7, 11) is 1.51. The highest BCUT2D eigenvalue weighted by Gasteiger charge is 2.67. The zero-order chi connectivity index (χ0) is 23.7. The maximum atomic E-state index is 13.7. The number of allylic oxidation sites excluding steroid dienone is 2. The zero-order valence-corrected chi connectivity index (χ0v) is 19.9. The Bertz CT molecular complexity index is 1230. The smallest absolute Gasteiger partial charge is 0.259 e. The van der Waals surface area contributed by atoms with Gasteiger partial charge in [-0.15, -0.1) is 0 Å². The Morgan fingerprint density at radius 3 is 2.26 bits per heavy atom. The molecule has 2 bridgehead atoms. The highest BCUT2D eigenvalue weighted by Crippen LogP contribution is 2.65. The van der Waals surface area contributed by atoms with Gasteiger partial charge in [0.2, 0.25) is 11.8 Å². The molecule has 4 aliphatic carbocycles. The van der Waals surface area contributed by atoms with Crippen molar-refractivity contribution in [2.24, 2.45) is 35.5 Å². The quantitative estimate of drug-likeness (QED) is 0.445. The molecule has 3 amide bonds. The number of rotatable bonds is 5. The van der Waals surface area contributed by atoms with Crippen LogP contribution in [0, 0.1) is 35.5 Å². The molecule has 7 rings (SSSR count). The molecule has 2 aromatic rings. The van der Waals surface area contributed by atoms with Crippen LogP contribution >= 0.6 is 23.2 Å². The number of nitrogens with zero attached hydrogens (tertiary/aromatic N) is 2. The normalized spacial score (nSPS) is 30.3. The molecule has 1 saturated heterocycles. The molecule has 3 fully saturated rings. The molecule has 8 heteroatoms. The van der Waals surface area contributed by atoms with E-state index >= 15 is 0 Å². The molecule has 1 heterocycles. The van der Waals surface area contributed by atoms with Crippen LogP contribution in [0.4, 0.5) is 5.69 Å². The molecule has 2 aromatic carbocycles. The standard InChI is InChI=1S/C26H22Cl2N2O4/c1-34-21-5-3-2-4-20(21)29(24(31)13-6-9-18(27)19(28)10-13)12-30-25(32)22-14-7-8-15(17-11-16(14)17)23(22)26(30)33/h2-10,14-17,22-23H,11-12H2,1H3/t14-,15-,16-,17+,22-,23+/m0/s1. The number of carbonyl (C=O) groups excluding carboxylic acids is 3. The lowest BCUT2D eigenvalue weighted by molar-refractivity contribution is -0.140. The third kappa shape index (κ3) is 3.12. The molecule has 0 spiro atoms. The number of para-hydroxylation sites is 2. The first-order chi connectivity index (χ1) is 16.4. The Balaban J connectivity index is 1.37. The van der Waals surface area contributed by atoms with E-state index in [1.807, 2.05) is 0 Å². The van der Waals surface area contributed by atoms with Crippen LogP contribution in [0.15, 0.2) is 54.6 Å². The Morgan fingerprint density at radius 1 is 1.00 bits per heavy atom. The van der Waals surface area contributed by atoms with E-state index in [0.29, 0.717) is 33.9 Å². The van der Waals surface area contributed by atoms with E-state index in [9.17, 15) is 14.4 Å². The van der Waals surface area contributed by atoms with Crippen molar-refractivity contribution in [3.05, 3.63) is 70.2 Å². The highest BCUT2D eigenvalue weighted by molar-refractivity contribution is 6.42. The summed E-state index contributed by atoms with van der Waals surface area (Å²) < 4.78 is 5.49. The minimum Gasteiger partial charge on any atom is -0.495 e. The predicted octanol–water partition coefficient (Wildman–Crippen LogP) is 4.66. The van der Waals surface area contributed by atoms with Gasteiger partial charge < -0.3 is 4.74 Å². The van der Waals surface area contributed by atoms with Crippen LogP contribution in [0.25, 0.3) is 0 Å². The lowest BCUT2D eigenvalue weighted by Gasteiger charge is -2.37. The van der Waals surface area contributed by atoms with Crippen molar-refractivity contribution in [3.63, 3.8) is 0 Å². The van der Waals surface area contributed by atoms with E-state index in [2.05, 4.69) is 12.2 Å². The average Bonchev–Trinajstić information content (AvgIpc) is 3.64. The summed E-state index contributed by atoms with van der Waals surface area (Å²) in [5.41, 5.74) is 0.750. The minimum absolute atomic E-state index is 0.118. The summed E-state index contributed by atoms with van der Waals surface area (Å²) in [5.74, 6) is 0.253. The van der Waals surface area contributed by atoms with E-state index in [1.165, 1.54) is 23.0 Å². The summed E-state index contributed by atoms with van der Waals surface area (Å²) in [4.78, 5) is 43.5. The van der Waals surface area contributed by atoms with Gasteiger partial charge in [0.05, 0.1) is 34.7 Å². The number of halogens is 2. The first-order valence-electron chi connectivity index (χ1n) is 11.3. The van der Waals surface area contributed by atoms with Crippen molar-refractivity contribution < 1.29 is 19.1 Å². The summed E-state index contributed by atoms with van der Waals surface area (Å²) in [5, 5.41) is 0.575. The number of imide groups is 1. The predicted molar refractivity (Wildman–Crippen MR) is 128 cm³/mol. The first-order valence-corrected chi connectivity index (χ1v) is 12.1. The monoisotopic (exact) mass is 496 g/mol. The molecule has 6 atom stereocenters. The van der Waals surface area contributed by atoms with Gasteiger partial charge in [-0.25, -0.2) is 0 Å². The van der Waals surface area contributed by atoms with Crippen LogP contribution in [-0.2, 0) is 9.59 Å². The molecule has 1 aliphatic heterocycles. The van der Waals surface area contributed by atoms with Crippen molar-refractivity contribution in [2.45, 2.75) is 6.42 Å². The van der Waals surface area contributed by atoms with Crippen molar-refractivity contribution in [2.75, 3.05) is 18.7 Å². The highest BCUT2D eigenvalue weighted by atomic mass is 35.5. The molecule has 0 aromatic heterocycles. The van der Waals surface area contributed by atoms with Crippen LogP contribution in [0.5, 0.6) is 5.75 Å².